The van der Waals surface area contributed by atoms with E-state index in [9.17, 15) is 9.90 Å². The van der Waals surface area contributed by atoms with Crippen molar-refractivity contribution in [2.75, 3.05) is 18.4 Å². The van der Waals surface area contributed by atoms with Crippen LogP contribution >= 0.6 is 0 Å². The van der Waals surface area contributed by atoms with Crippen molar-refractivity contribution >= 4 is 11.7 Å². The highest BCUT2D eigenvalue weighted by Crippen LogP contribution is 2.34. The van der Waals surface area contributed by atoms with Gasteiger partial charge in [-0.05, 0) is 50.7 Å². The summed E-state index contributed by atoms with van der Waals surface area (Å²) in [6, 6.07) is 4.98. The average molecular weight is 333 g/mol. The number of likely N-dealkylation sites (tertiary alicyclic amines) is 1. The third-order valence-corrected chi connectivity index (χ3v) is 5.46. The number of carboxylic acid groups (broad SMARTS) is 1. The summed E-state index contributed by atoms with van der Waals surface area (Å²) >= 11 is 0. The normalized spacial score (nSPS) is 29.3. The zero-order valence-electron chi connectivity index (χ0n) is 14.0. The lowest BCUT2D eigenvalue weighted by molar-refractivity contribution is -0.144. The number of aliphatic carboxylic acids is 1. The third kappa shape index (κ3) is 4.45. The highest BCUT2D eigenvalue weighted by atomic mass is 16.4. The van der Waals surface area contributed by atoms with Crippen LogP contribution in [0.1, 0.15) is 44.9 Å². The zero-order valence-corrected chi connectivity index (χ0v) is 14.0. The second-order valence-electron chi connectivity index (χ2n) is 7.22. The first kappa shape index (κ1) is 17.2. The largest absolute Gasteiger partial charge is 0.481 e. The molecule has 6 nitrogen and oxygen atoms in total. The number of nitrogens with one attached hydrogen (secondary N) is 1. The number of aliphatic hydroxyl groups is 1. The van der Waals surface area contributed by atoms with Crippen molar-refractivity contribution in [2.45, 2.75) is 62.6 Å². The van der Waals surface area contributed by atoms with E-state index in [4.69, 9.17) is 5.11 Å². The first-order valence-electron chi connectivity index (χ1n) is 8.89. The smallest absolute Gasteiger partial charge is 0.306 e. The molecule has 1 aliphatic heterocycles. The van der Waals surface area contributed by atoms with Crippen LogP contribution in [-0.2, 0) is 4.79 Å². The van der Waals surface area contributed by atoms with E-state index in [1.54, 1.807) is 12.4 Å². The summed E-state index contributed by atoms with van der Waals surface area (Å²) in [6.07, 6.45) is 8.68. The van der Waals surface area contributed by atoms with Crippen LogP contribution in [0.4, 0.5) is 5.69 Å². The molecule has 1 saturated carbocycles. The van der Waals surface area contributed by atoms with Gasteiger partial charge >= 0.3 is 5.97 Å². The quantitative estimate of drug-likeness (QED) is 0.765. The summed E-state index contributed by atoms with van der Waals surface area (Å²) in [5.74, 6) is -0.904. The number of piperidine rings is 1. The minimum Gasteiger partial charge on any atom is -0.481 e. The maximum absolute atomic E-state index is 10.9. The van der Waals surface area contributed by atoms with Gasteiger partial charge in [-0.1, -0.05) is 0 Å². The molecule has 0 bridgehead atoms. The summed E-state index contributed by atoms with van der Waals surface area (Å²) in [6.45, 7) is 2.12. The standard InChI is InChI=1S/C18H27N3O3/c22-17(23)13-18(24)7-1-16(2-8-18)21-11-5-15(6-12-21)20-14-3-9-19-10-4-14/h3-4,9-10,15-16,24H,1-2,5-8,11-13H2,(H,19,20)(H,22,23). The highest BCUT2D eigenvalue weighted by Gasteiger charge is 2.37. The van der Waals surface area contributed by atoms with E-state index >= 15 is 0 Å². The molecule has 0 aromatic carbocycles. The third-order valence-electron chi connectivity index (χ3n) is 5.46. The summed E-state index contributed by atoms with van der Waals surface area (Å²) in [5, 5.41) is 22.8. The van der Waals surface area contributed by atoms with E-state index in [0.29, 0.717) is 24.9 Å². The molecule has 0 radical (unpaired) electrons. The number of carbonyl (C=O) groups is 1. The van der Waals surface area contributed by atoms with Gasteiger partial charge in [-0.15, -0.1) is 0 Å². The molecular weight excluding hydrogens is 306 g/mol. The molecule has 1 aromatic rings. The van der Waals surface area contributed by atoms with Crippen LogP contribution in [0.15, 0.2) is 24.5 Å². The van der Waals surface area contributed by atoms with Gasteiger partial charge in [0.2, 0.25) is 0 Å². The molecule has 0 amide bonds. The molecule has 2 fully saturated rings. The summed E-state index contributed by atoms with van der Waals surface area (Å²) in [5.41, 5.74) is 0.128. The molecule has 0 unspecified atom stereocenters. The predicted octanol–water partition coefficient (Wildman–Crippen LogP) is 2.11. The average Bonchev–Trinajstić information content (AvgIpc) is 2.56. The van der Waals surface area contributed by atoms with E-state index in [-0.39, 0.29) is 6.42 Å². The Balaban J connectivity index is 1.43. The molecule has 1 saturated heterocycles. The fraction of sp³-hybridized carbons (Fsp3) is 0.667. The Kier molecular flexibility index (Phi) is 5.36. The first-order chi connectivity index (χ1) is 11.5. The van der Waals surface area contributed by atoms with E-state index in [0.717, 1.165) is 44.5 Å². The molecule has 0 spiro atoms. The lowest BCUT2D eigenvalue weighted by Crippen LogP contribution is -2.48. The molecule has 0 atom stereocenters. The number of pyridine rings is 1. The van der Waals surface area contributed by atoms with Gasteiger partial charge in [0.1, 0.15) is 0 Å². The van der Waals surface area contributed by atoms with Gasteiger partial charge in [0.05, 0.1) is 12.0 Å². The van der Waals surface area contributed by atoms with Gasteiger partial charge in [0.25, 0.3) is 0 Å². The minimum absolute atomic E-state index is 0.127. The van der Waals surface area contributed by atoms with E-state index in [2.05, 4.69) is 15.2 Å². The number of hydrogen-bond acceptors (Lipinski definition) is 5. The van der Waals surface area contributed by atoms with Crippen LogP contribution in [0.3, 0.4) is 0 Å². The molecule has 1 aromatic heterocycles. The molecule has 2 aliphatic rings. The first-order valence-corrected chi connectivity index (χ1v) is 8.89. The topological polar surface area (TPSA) is 85.7 Å². The number of anilines is 1. The van der Waals surface area contributed by atoms with Crippen LogP contribution in [-0.4, -0.2) is 56.8 Å². The van der Waals surface area contributed by atoms with Gasteiger partial charge in [0.15, 0.2) is 0 Å². The zero-order chi connectivity index (χ0) is 17.0. The Morgan fingerprint density at radius 3 is 2.42 bits per heavy atom. The van der Waals surface area contributed by atoms with Crippen molar-refractivity contribution in [3.63, 3.8) is 0 Å². The molecule has 6 heteroatoms. The maximum Gasteiger partial charge on any atom is 0.306 e. The number of hydrogen-bond donors (Lipinski definition) is 3. The fourth-order valence-corrected chi connectivity index (χ4v) is 4.06. The molecular formula is C18H27N3O3. The molecule has 2 heterocycles. The highest BCUT2D eigenvalue weighted by molar-refractivity contribution is 5.68. The van der Waals surface area contributed by atoms with Crippen LogP contribution in [0.2, 0.25) is 0 Å². The molecule has 1 aliphatic carbocycles. The number of nitrogens with zero attached hydrogens (tertiary/aromatic N) is 2. The van der Waals surface area contributed by atoms with Gasteiger partial charge in [0, 0.05) is 43.3 Å². The van der Waals surface area contributed by atoms with Gasteiger partial charge in [-0.25, -0.2) is 0 Å². The second-order valence-corrected chi connectivity index (χ2v) is 7.22. The summed E-state index contributed by atoms with van der Waals surface area (Å²) < 4.78 is 0. The Bertz CT molecular complexity index is 536. The van der Waals surface area contributed by atoms with Gasteiger partial charge < -0.3 is 20.4 Å². The van der Waals surface area contributed by atoms with Crippen LogP contribution in [0.5, 0.6) is 0 Å². The second kappa shape index (κ2) is 7.49. The number of rotatable bonds is 5. The van der Waals surface area contributed by atoms with Crippen LogP contribution < -0.4 is 5.32 Å². The van der Waals surface area contributed by atoms with E-state index in [1.165, 1.54) is 0 Å². The fourth-order valence-electron chi connectivity index (χ4n) is 4.06. The van der Waals surface area contributed by atoms with Crippen LogP contribution in [0.25, 0.3) is 0 Å². The van der Waals surface area contributed by atoms with Crippen molar-refractivity contribution in [3.8, 4) is 0 Å². The van der Waals surface area contributed by atoms with Gasteiger partial charge in [-0.2, -0.15) is 0 Å². The van der Waals surface area contributed by atoms with Crippen LogP contribution in [0, 0.1) is 0 Å². The lowest BCUT2D eigenvalue weighted by atomic mass is 9.79. The van der Waals surface area contributed by atoms with Gasteiger partial charge in [-0.3, -0.25) is 9.78 Å². The minimum atomic E-state index is -0.996. The number of aromatic nitrogens is 1. The van der Waals surface area contributed by atoms with Crippen molar-refractivity contribution in [1.82, 2.24) is 9.88 Å². The van der Waals surface area contributed by atoms with Crippen molar-refractivity contribution in [3.05, 3.63) is 24.5 Å². The van der Waals surface area contributed by atoms with E-state index < -0.39 is 11.6 Å². The SMILES string of the molecule is O=C(O)CC1(O)CCC(N2CCC(Nc3ccncc3)CC2)CC1. The Labute approximate surface area is 142 Å². The summed E-state index contributed by atoms with van der Waals surface area (Å²) in [7, 11) is 0. The Hall–Kier alpha value is -1.66. The Morgan fingerprint density at radius 1 is 1.21 bits per heavy atom. The summed E-state index contributed by atoms with van der Waals surface area (Å²) in [4.78, 5) is 17.4. The molecule has 132 valence electrons. The van der Waals surface area contributed by atoms with Crippen molar-refractivity contribution < 1.29 is 15.0 Å². The molecule has 24 heavy (non-hydrogen) atoms. The van der Waals surface area contributed by atoms with Crippen molar-refractivity contribution in [2.24, 2.45) is 0 Å². The lowest BCUT2D eigenvalue weighted by Gasteiger charge is -2.43. The molecule has 3 rings (SSSR count). The van der Waals surface area contributed by atoms with Crippen molar-refractivity contribution in [1.29, 1.82) is 0 Å². The molecule has 3 N–H and O–H groups in total. The Morgan fingerprint density at radius 2 is 1.83 bits per heavy atom. The number of carboxylic acids is 1. The monoisotopic (exact) mass is 333 g/mol. The maximum atomic E-state index is 10.9. The predicted molar refractivity (Wildman–Crippen MR) is 91.9 cm³/mol. The van der Waals surface area contributed by atoms with E-state index in [1.807, 2.05) is 12.1 Å².